The lowest BCUT2D eigenvalue weighted by Crippen LogP contribution is -2.14. The minimum Gasteiger partial charge on any atom is -0.469 e. The molecule has 100 valence electrons. The number of esters is 2. The first-order valence-corrected chi connectivity index (χ1v) is 6.56. The zero-order chi connectivity index (χ0) is 13.5. The van der Waals surface area contributed by atoms with Crippen LogP contribution < -0.4 is 0 Å². The maximum Gasteiger partial charge on any atom is 0.373 e. The average molecular weight is 272 g/mol. The molecule has 0 fully saturated rings. The Morgan fingerprint density at radius 1 is 1.33 bits per heavy atom. The van der Waals surface area contributed by atoms with Crippen LogP contribution in [0.15, 0.2) is 16.5 Å². The van der Waals surface area contributed by atoms with Crippen LogP contribution in [0.3, 0.4) is 0 Å². The first-order chi connectivity index (χ1) is 8.58. The third-order valence-corrected chi connectivity index (χ3v) is 3.49. The monoisotopic (exact) mass is 272 g/mol. The van der Waals surface area contributed by atoms with Crippen LogP contribution in [0.4, 0.5) is 0 Å². The zero-order valence-corrected chi connectivity index (χ0v) is 11.4. The molecule has 0 aliphatic heterocycles. The molecule has 1 atom stereocenters. The number of furan rings is 1. The molecule has 1 rings (SSSR count). The van der Waals surface area contributed by atoms with Crippen molar-refractivity contribution < 1.29 is 23.5 Å². The number of carbonyl (C=O) groups is 2. The van der Waals surface area contributed by atoms with Crippen LogP contribution in [0.1, 0.15) is 23.2 Å². The lowest BCUT2D eigenvalue weighted by molar-refractivity contribution is -0.144. The van der Waals surface area contributed by atoms with Crippen molar-refractivity contribution in [3.05, 3.63) is 23.7 Å². The number of hydrogen-bond donors (Lipinski definition) is 0. The normalized spacial score (nSPS) is 11.9. The maximum absolute atomic E-state index is 11.2. The van der Waals surface area contributed by atoms with Gasteiger partial charge in [-0.2, -0.15) is 11.8 Å². The van der Waals surface area contributed by atoms with Crippen molar-refractivity contribution in [2.75, 3.05) is 20.0 Å². The minimum atomic E-state index is -0.492. The summed E-state index contributed by atoms with van der Waals surface area (Å²) in [7, 11) is 2.68. The smallest absolute Gasteiger partial charge is 0.373 e. The number of thioether (sulfide) groups is 1. The molecule has 0 saturated heterocycles. The molecule has 0 spiro atoms. The van der Waals surface area contributed by atoms with E-state index in [2.05, 4.69) is 9.47 Å². The minimum absolute atomic E-state index is 0.157. The Hall–Kier alpha value is -1.43. The highest BCUT2D eigenvalue weighted by atomic mass is 32.2. The summed E-state index contributed by atoms with van der Waals surface area (Å²) in [6.07, 6.45) is 0. The van der Waals surface area contributed by atoms with Crippen molar-refractivity contribution >= 4 is 23.7 Å². The number of methoxy groups -OCH3 is 2. The van der Waals surface area contributed by atoms with Crippen LogP contribution in [0.2, 0.25) is 0 Å². The van der Waals surface area contributed by atoms with Crippen LogP contribution in [0.5, 0.6) is 0 Å². The van der Waals surface area contributed by atoms with E-state index < -0.39 is 5.97 Å². The second-order valence-electron chi connectivity index (χ2n) is 3.70. The summed E-state index contributed by atoms with van der Waals surface area (Å²) in [5.41, 5.74) is 0. The molecule has 18 heavy (non-hydrogen) atoms. The van der Waals surface area contributed by atoms with Gasteiger partial charge in [-0.1, -0.05) is 6.92 Å². The highest BCUT2D eigenvalue weighted by molar-refractivity contribution is 7.98. The van der Waals surface area contributed by atoms with Gasteiger partial charge in [0.05, 0.1) is 25.9 Å². The second kappa shape index (κ2) is 7.10. The highest BCUT2D eigenvalue weighted by Gasteiger charge is 2.14. The highest BCUT2D eigenvalue weighted by Crippen LogP contribution is 2.18. The topological polar surface area (TPSA) is 65.7 Å². The molecule has 1 unspecified atom stereocenters. The van der Waals surface area contributed by atoms with E-state index in [0.29, 0.717) is 17.3 Å². The van der Waals surface area contributed by atoms with E-state index >= 15 is 0 Å². The van der Waals surface area contributed by atoms with E-state index in [9.17, 15) is 9.59 Å². The molecular formula is C12H16O5S. The van der Waals surface area contributed by atoms with E-state index in [1.807, 2.05) is 0 Å². The molecule has 0 saturated carbocycles. The van der Waals surface area contributed by atoms with Crippen molar-refractivity contribution in [1.29, 1.82) is 0 Å². The van der Waals surface area contributed by atoms with Crippen LogP contribution in [0, 0.1) is 5.92 Å². The lowest BCUT2D eigenvalue weighted by Gasteiger charge is -2.07. The number of ether oxygens (including phenoxy) is 2. The van der Waals surface area contributed by atoms with Gasteiger partial charge in [0.1, 0.15) is 5.76 Å². The quantitative estimate of drug-likeness (QED) is 0.739. The van der Waals surface area contributed by atoms with Crippen molar-refractivity contribution in [2.45, 2.75) is 12.7 Å². The predicted molar refractivity (Wildman–Crippen MR) is 67.4 cm³/mol. The molecule has 1 aromatic rings. The Morgan fingerprint density at radius 3 is 2.67 bits per heavy atom. The molecule has 0 aliphatic carbocycles. The zero-order valence-electron chi connectivity index (χ0n) is 10.6. The Kier molecular flexibility index (Phi) is 5.77. The van der Waals surface area contributed by atoms with Gasteiger partial charge in [0.15, 0.2) is 0 Å². The summed E-state index contributed by atoms with van der Waals surface area (Å²) in [6.45, 7) is 1.81. The predicted octanol–water partition coefficient (Wildman–Crippen LogP) is 2.11. The Balaban J connectivity index is 2.38. The Labute approximate surface area is 110 Å². The Morgan fingerprint density at radius 2 is 2.06 bits per heavy atom. The Bertz CT molecular complexity index is 412. The molecule has 1 heterocycles. The molecule has 5 nitrogen and oxygen atoms in total. The molecule has 1 aromatic heterocycles. The fourth-order valence-corrected chi connectivity index (χ4v) is 2.24. The van der Waals surface area contributed by atoms with Crippen LogP contribution in [-0.2, 0) is 20.0 Å². The van der Waals surface area contributed by atoms with Gasteiger partial charge in [0.2, 0.25) is 5.76 Å². The van der Waals surface area contributed by atoms with E-state index in [1.54, 1.807) is 30.8 Å². The molecule has 0 bridgehead atoms. The number of hydrogen-bond acceptors (Lipinski definition) is 6. The van der Waals surface area contributed by atoms with Crippen molar-refractivity contribution in [1.82, 2.24) is 0 Å². The van der Waals surface area contributed by atoms with Gasteiger partial charge in [-0.05, 0) is 12.1 Å². The van der Waals surface area contributed by atoms with Gasteiger partial charge in [-0.3, -0.25) is 4.79 Å². The molecule has 0 aromatic carbocycles. The number of rotatable bonds is 6. The van der Waals surface area contributed by atoms with Gasteiger partial charge in [-0.15, -0.1) is 0 Å². The first kappa shape index (κ1) is 14.6. The fourth-order valence-electron chi connectivity index (χ4n) is 1.27. The summed E-state index contributed by atoms with van der Waals surface area (Å²) < 4.78 is 14.5. The summed E-state index contributed by atoms with van der Waals surface area (Å²) in [6, 6.07) is 3.30. The van der Waals surface area contributed by atoms with E-state index in [-0.39, 0.29) is 17.6 Å². The lowest BCUT2D eigenvalue weighted by atomic mass is 10.2. The number of carbonyl (C=O) groups excluding carboxylic acids is 2. The fraction of sp³-hybridized carbons (Fsp3) is 0.500. The van der Waals surface area contributed by atoms with Gasteiger partial charge in [-0.25, -0.2) is 4.79 Å². The average Bonchev–Trinajstić information content (AvgIpc) is 2.85. The van der Waals surface area contributed by atoms with Crippen molar-refractivity contribution in [2.24, 2.45) is 5.92 Å². The van der Waals surface area contributed by atoms with Gasteiger partial charge in [0, 0.05) is 5.75 Å². The summed E-state index contributed by atoms with van der Waals surface area (Å²) in [5, 5.41) is 0. The molecule has 0 N–H and O–H groups in total. The van der Waals surface area contributed by atoms with E-state index in [1.165, 1.54) is 14.2 Å². The molecular weight excluding hydrogens is 256 g/mol. The van der Waals surface area contributed by atoms with E-state index in [4.69, 9.17) is 4.42 Å². The van der Waals surface area contributed by atoms with Crippen LogP contribution in [0.25, 0.3) is 0 Å². The SMILES string of the molecule is COC(=O)c1ccc(CSCC(C)C(=O)OC)o1. The van der Waals surface area contributed by atoms with Crippen molar-refractivity contribution in [3.63, 3.8) is 0 Å². The third kappa shape index (κ3) is 4.10. The van der Waals surface area contributed by atoms with Gasteiger partial charge < -0.3 is 13.9 Å². The largest absolute Gasteiger partial charge is 0.469 e. The van der Waals surface area contributed by atoms with Gasteiger partial charge >= 0.3 is 11.9 Å². The standard InChI is InChI=1S/C12H16O5S/c1-8(11(13)15-2)6-18-7-9-4-5-10(17-9)12(14)16-3/h4-5,8H,6-7H2,1-3H3. The van der Waals surface area contributed by atoms with Crippen LogP contribution >= 0.6 is 11.8 Å². The van der Waals surface area contributed by atoms with Crippen LogP contribution in [-0.4, -0.2) is 31.9 Å². The molecule has 0 aliphatic rings. The molecule has 0 radical (unpaired) electrons. The molecule has 6 heteroatoms. The second-order valence-corrected chi connectivity index (χ2v) is 4.73. The van der Waals surface area contributed by atoms with E-state index in [0.717, 1.165) is 0 Å². The van der Waals surface area contributed by atoms with Crippen molar-refractivity contribution in [3.8, 4) is 0 Å². The summed E-state index contributed by atoms with van der Waals surface area (Å²) >= 11 is 1.54. The summed E-state index contributed by atoms with van der Waals surface area (Å²) in [5.74, 6) is 1.23. The summed E-state index contributed by atoms with van der Waals surface area (Å²) in [4.78, 5) is 22.3. The first-order valence-electron chi connectivity index (χ1n) is 5.41. The molecule has 0 amide bonds. The van der Waals surface area contributed by atoms with Gasteiger partial charge in [0.25, 0.3) is 0 Å². The maximum atomic E-state index is 11.2. The third-order valence-electron chi connectivity index (χ3n) is 2.26.